The van der Waals surface area contributed by atoms with Gasteiger partial charge >= 0.3 is 11.9 Å². The number of nitrogens with two attached hydrogens (primary N) is 1. The average molecular weight is 548 g/mol. The minimum Gasteiger partial charge on any atom is -0.425 e. The van der Waals surface area contributed by atoms with Crippen molar-refractivity contribution < 1.29 is 33.5 Å². The lowest BCUT2D eigenvalue weighted by Crippen LogP contribution is -2.71. The van der Waals surface area contributed by atoms with E-state index in [2.05, 4.69) is 28.6 Å². The van der Waals surface area contributed by atoms with Crippen molar-refractivity contribution in [3.05, 3.63) is 47.7 Å². The Hall–Kier alpha value is -3.65. The molecule has 2 unspecified atom stereocenters. The fraction of sp³-hybridized carbons (Fsp3) is 0.391. The molecule has 14 heteroatoms. The maximum Gasteiger partial charge on any atom is 0.358 e. The number of anilines is 1. The molecule has 12 nitrogen and oxygen atoms in total. The number of oxime groups is 1. The Morgan fingerprint density at radius 1 is 1.35 bits per heavy atom. The first-order valence-corrected chi connectivity index (χ1v) is 13.2. The number of hydrogen-bond acceptors (Lipinski definition) is 12. The van der Waals surface area contributed by atoms with Crippen LogP contribution in [0.2, 0.25) is 0 Å². The number of nitrogen functional groups attached to an aromatic ring is 1. The number of thioether (sulfide) groups is 1. The molecule has 37 heavy (non-hydrogen) atoms. The molecule has 196 valence electrons. The zero-order valence-electron chi connectivity index (χ0n) is 19.9. The van der Waals surface area contributed by atoms with Crippen LogP contribution in [0.25, 0.3) is 0 Å². The molecule has 4 rings (SSSR count). The van der Waals surface area contributed by atoms with Crippen LogP contribution in [0, 0.1) is 5.92 Å². The van der Waals surface area contributed by atoms with Gasteiger partial charge in [0, 0.05) is 18.1 Å². The predicted molar refractivity (Wildman–Crippen MR) is 136 cm³/mol. The number of fused-ring (bicyclic) bond motifs is 1. The lowest BCUT2D eigenvalue weighted by Gasteiger charge is -2.49. The van der Waals surface area contributed by atoms with E-state index in [0.717, 1.165) is 24.2 Å². The molecule has 1 saturated carbocycles. The van der Waals surface area contributed by atoms with Gasteiger partial charge in [-0.15, -0.1) is 23.1 Å². The number of thiazole rings is 1. The monoisotopic (exact) mass is 547 g/mol. The van der Waals surface area contributed by atoms with E-state index in [0.29, 0.717) is 11.3 Å². The smallest absolute Gasteiger partial charge is 0.358 e. The van der Waals surface area contributed by atoms with Crippen molar-refractivity contribution in [2.45, 2.75) is 37.5 Å². The number of β-lactam (4-membered cyclic amide) rings is 1. The van der Waals surface area contributed by atoms with Crippen molar-refractivity contribution in [1.29, 1.82) is 0 Å². The van der Waals surface area contributed by atoms with Crippen molar-refractivity contribution in [3.63, 3.8) is 0 Å². The van der Waals surface area contributed by atoms with Crippen LogP contribution in [0.4, 0.5) is 5.13 Å². The van der Waals surface area contributed by atoms with Crippen LogP contribution >= 0.6 is 23.1 Å². The summed E-state index contributed by atoms with van der Waals surface area (Å²) in [5.74, 6) is -2.28. The number of amides is 2. The first kappa shape index (κ1) is 26.4. The highest BCUT2D eigenvalue weighted by Gasteiger charge is 2.54. The summed E-state index contributed by atoms with van der Waals surface area (Å²) in [6.45, 7) is 8.74. The van der Waals surface area contributed by atoms with Gasteiger partial charge < -0.3 is 25.4 Å². The van der Waals surface area contributed by atoms with E-state index in [4.69, 9.17) is 20.0 Å². The zero-order valence-corrected chi connectivity index (χ0v) is 21.5. The Balaban J connectivity index is 1.46. The number of nitrogens with one attached hydrogen (secondary N) is 1. The Morgan fingerprint density at radius 2 is 2.11 bits per heavy atom. The fourth-order valence-corrected chi connectivity index (χ4v) is 5.45. The molecule has 1 aromatic rings. The number of ether oxygens (including phenoxy) is 2. The summed E-state index contributed by atoms with van der Waals surface area (Å²) in [5, 5.41) is 7.67. The topological polar surface area (TPSA) is 163 Å². The number of esters is 2. The molecule has 0 spiro atoms. The maximum atomic E-state index is 13.1. The van der Waals surface area contributed by atoms with Gasteiger partial charge in [-0.1, -0.05) is 30.5 Å². The number of nitrogens with zero attached hydrogens (tertiary/aromatic N) is 3. The van der Waals surface area contributed by atoms with Crippen molar-refractivity contribution in [2.24, 2.45) is 11.1 Å². The summed E-state index contributed by atoms with van der Waals surface area (Å²) in [5.41, 5.74) is 6.21. The lowest BCUT2D eigenvalue weighted by atomic mass is 10.0. The van der Waals surface area contributed by atoms with E-state index >= 15 is 0 Å². The highest BCUT2D eigenvalue weighted by molar-refractivity contribution is 8.00. The Labute approximate surface area is 220 Å². The van der Waals surface area contributed by atoms with Crippen molar-refractivity contribution in [2.75, 3.05) is 18.1 Å². The van der Waals surface area contributed by atoms with Gasteiger partial charge in [-0.25, -0.2) is 9.78 Å². The van der Waals surface area contributed by atoms with E-state index < -0.39 is 41.5 Å². The van der Waals surface area contributed by atoms with Crippen LogP contribution in [-0.2, 0) is 33.5 Å². The first-order valence-electron chi connectivity index (χ1n) is 11.3. The minimum absolute atomic E-state index is 0.000878. The SMILES string of the molecule is C=CCON=C(C(=O)NC1C(=O)N2C(C(=O)OC(C)OC(=O)C3CC3)=C(C=C)CS[C@H]12)c1csc(N)n1. The molecule has 3 N–H and O–H groups in total. The number of rotatable bonds is 11. The third kappa shape index (κ3) is 5.69. The number of carbonyl (C=O) groups excluding carboxylic acids is 4. The fourth-order valence-electron chi connectivity index (χ4n) is 3.56. The van der Waals surface area contributed by atoms with Crippen LogP contribution in [0.1, 0.15) is 25.5 Å². The zero-order chi connectivity index (χ0) is 26.7. The number of hydrogen-bond donors (Lipinski definition) is 2. The molecule has 0 bridgehead atoms. The number of allylic oxidation sites excluding steroid dienone is 1. The van der Waals surface area contributed by atoms with Gasteiger partial charge in [-0.2, -0.15) is 0 Å². The highest BCUT2D eigenvalue weighted by atomic mass is 32.2. The Morgan fingerprint density at radius 3 is 2.73 bits per heavy atom. The normalized spacial score (nSPS) is 21.8. The second-order valence-corrected chi connectivity index (χ2v) is 10.2. The summed E-state index contributed by atoms with van der Waals surface area (Å²) in [6.07, 6.45) is 3.30. The van der Waals surface area contributed by atoms with E-state index in [1.165, 1.54) is 35.7 Å². The summed E-state index contributed by atoms with van der Waals surface area (Å²) < 4.78 is 10.5. The van der Waals surface area contributed by atoms with E-state index in [-0.39, 0.29) is 34.8 Å². The second kappa shape index (κ2) is 11.2. The first-order chi connectivity index (χ1) is 17.7. The van der Waals surface area contributed by atoms with Gasteiger partial charge in [0.05, 0.1) is 5.92 Å². The van der Waals surface area contributed by atoms with Gasteiger partial charge in [-0.3, -0.25) is 19.3 Å². The number of aromatic nitrogens is 1. The molecule has 0 aromatic carbocycles. The summed E-state index contributed by atoms with van der Waals surface area (Å²) in [6, 6.07) is -0.947. The predicted octanol–water partition coefficient (Wildman–Crippen LogP) is 1.31. The van der Waals surface area contributed by atoms with Crippen LogP contribution in [0.3, 0.4) is 0 Å². The van der Waals surface area contributed by atoms with Crippen LogP contribution in [0.5, 0.6) is 0 Å². The van der Waals surface area contributed by atoms with Crippen molar-refractivity contribution >= 4 is 57.7 Å². The van der Waals surface area contributed by atoms with Crippen LogP contribution < -0.4 is 11.1 Å². The molecular formula is C23H25N5O7S2. The standard InChI is InChI=1S/C23H25N5O7S2/c1-4-8-33-27-15(14-10-37-23(24)25-14)18(29)26-16-19(30)28-17(12(5-2)9-36-20(16)28)22(32)35-11(3)34-21(31)13-6-7-13/h4-5,10-11,13,16,20H,1-2,6-9H2,3H3,(H2,24,25)(H,26,29)/t11?,16?,20-/m1/s1. The molecule has 2 aliphatic heterocycles. The summed E-state index contributed by atoms with van der Waals surface area (Å²) in [7, 11) is 0. The van der Waals surface area contributed by atoms with E-state index in [9.17, 15) is 19.2 Å². The molecule has 3 aliphatic rings. The van der Waals surface area contributed by atoms with Gasteiger partial charge in [0.2, 0.25) is 6.29 Å². The molecule has 1 aliphatic carbocycles. The van der Waals surface area contributed by atoms with Gasteiger partial charge in [0.25, 0.3) is 11.8 Å². The summed E-state index contributed by atoms with van der Waals surface area (Å²) in [4.78, 5) is 61.4. The molecule has 3 atom stereocenters. The van der Waals surface area contributed by atoms with E-state index in [1.807, 2.05) is 0 Å². The number of carbonyl (C=O) groups is 4. The molecule has 2 fully saturated rings. The largest absolute Gasteiger partial charge is 0.425 e. The molecule has 3 heterocycles. The van der Waals surface area contributed by atoms with Gasteiger partial charge in [0.1, 0.15) is 29.4 Å². The third-order valence-electron chi connectivity index (χ3n) is 5.52. The minimum atomic E-state index is -1.13. The van der Waals surface area contributed by atoms with Crippen LogP contribution in [0.15, 0.2) is 47.1 Å². The van der Waals surface area contributed by atoms with Crippen molar-refractivity contribution in [1.82, 2.24) is 15.2 Å². The third-order valence-corrected chi connectivity index (χ3v) is 7.49. The highest BCUT2D eigenvalue weighted by Crippen LogP contribution is 2.41. The molecule has 1 saturated heterocycles. The van der Waals surface area contributed by atoms with Crippen molar-refractivity contribution in [3.8, 4) is 0 Å². The maximum absolute atomic E-state index is 13.1. The van der Waals surface area contributed by atoms with Gasteiger partial charge in [-0.05, 0) is 18.4 Å². The van der Waals surface area contributed by atoms with E-state index in [1.54, 1.807) is 5.38 Å². The molecule has 2 amide bonds. The lowest BCUT2D eigenvalue weighted by molar-refractivity contribution is -0.185. The van der Waals surface area contributed by atoms with Crippen LogP contribution in [-0.4, -0.2) is 69.4 Å². The Bertz CT molecular complexity index is 1210. The van der Waals surface area contributed by atoms with Gasteiger partial charge in [0.15, 0.2) is 10.8 Å². The Kier molecular flexibility index (Phi) is 7.97. The molecule has 0 radical (unpaired) electrons. The summed E-state index contributed by atoms with van der Waals surface area (Å²) >= 11 is 2.46. The quantitative estimate of drug-likeness (QED) is 0.0786. The second-order valence-electron chi connectivity index (χ2n) is 8.22. The molecular weight excluding hydrogens is 522 g/mol. The molecule has 1 aromatic heterocycles. The average Bonchev–Trinajstić information content (AvgIpc) is 3.64.